The molecule has 4 atom stereocenters. The van der Waals surface area contributed by atoms with Gasteiger partial charge in [-0.15, -0.1) is 0 Å². The van der Waals surface area contributed by atoms with Crippen molar-refractivity contribution < 1.29 is 25.5 Å². The van der Waals surface area contributed by atoms with Crippen molar-refractivity contribution in [2.75, 3.05) is 13.2 Å². The van der Waals surface area contributed by atoms with Gasteiger partial charge in [-0.3, -0.25) is 0 Å². The normalized spacial score (nSPS) is 18.6. The zero-order chi connectivity index (χ0) is 14.0. The molecule has 0 fully saturated rings. The second kappa shape index (κ2) is 10.2. The van der Waals surface area contributed by atoms with Crippen molar-refractivity contribution in [3.63, 3.8) is 0 Å². The second-order valence-corrected chi connectivity index (χ2v) is 4.12. The molecular formula is C11H24N2O5. The fourth-order valence-corrected chi connectivity index (χ4v) is 1.27. The van der Waals surface area contributed by atoms with Gasteiger partial charge in [0.15, 0.2) is 0 Å². The molecule has 6 N–H and O–H groups in total. The van der Waals surface area contributed by atoms with E-state index in [1.165, 1.54) is 0 Å². The summed E-state index contributed by atoms with van der Waals surface area (Å²) in [4.78, 5) is 0. The van der Waals surface area contributed by atoms with E-state index in [0.29, 0.717) is 6.54 Å². The van der Waals surface area contributed by atoms with Crippen LogP contribution in [-0.2, 0) is 0 Å². The summed E-state index contributed by atoms with van der Waals surface area (Å²) < 4.78 is 0. The molecule has 0 amide bonds. The van der Waals surface area contributed by atoms with Crippen molar-refractivity contribution in [1.82, 2.24) is 5.43 Å². The van der Waals surface area contributed by atoms with Gasteiger partial charge in [-0.1, -0.05) is 19.8 Å². The Labute approximate surface area is 107 Å². The van der Waals surface area contributed by atoms with Crippen LogP contribution in [0.3, 0.4) is 0 Å². The van der Waals surface area contributed by atoms with Crippen molar-refractivity contribution in [2.24, 2.45) is 5.10 Å². The lowest BCUT2D eigenvalue weighted by Gasteiger charge is -2.23. The topological polar surface area (TPSA) is 126 Å². The number of unbranched alkanes of at least 4 members (excludes halogenated alkanes) is 2. The number of aliphatic hydroxyl groups excluding tert-OH is 5. The molecule has 0 aromatic heterocycles. The Kier molecular flexibility index (Phi) is 9.80. The van der Waals surface area contributed by atoms with Crippen LogP contribution in [-0.4, -0.2) is 69.3 Å². The average Bonchev–Trinajstić information content (AvgIpc) is 2.39. The monoisotopic (exact) mass is 264 g/mol. The number of rotatable bonds is 10. The van der Waals surface area contributed by atoms with Crippen LogP contribution >= 0.6 is 0 Å². The van der Waals surface area contributed by atoms with E-state index in [-0.39, 0.29) is 0 Å². The maximum Gasteiger partial charge on any atom is 0.119 e. The van der Waals surface area contributed by atoms with Gasteiger partial charge in [-0.2, -0.15) is 5.10 Å². The second-order valence-electron chi connectivity index (χ2n) is 4.12. The first-order chi connectivity index (χ1) is 8.54. The van der Waals surface area contributed by atoms with Crippen LogP contribution in [0.2, 0.25) is 0 Å². The van der Waals surface area contributed by atoms with Gasteiger partial charge < -0.3 is 31.0 Å². The smallest absolute Gasteiger partial charge is 0.119 e. The molecule has 0 heterocycles. The van der Waals surface area contributed by atoms with Crippen molar-refractivity contribution in [3.05, 3.63) is 0 Å². The molecule has 0 aliphatic heterocycles. The lowest BCUT2D eigenvalue weighted by atomic mass is 10.0. The standard InChI is InChI=1S/C11H24N2O5/c1-2-3-4-5-12-13-6-8(15)10(17)11(18)9(16)7-14/h6,8-12,14-18H,2-5,7H2,1H3/b13-6+/t8-,9-,10-,11-/m1/s1. The van der Waals surface area contributed by atoms with Gasteiger partial charge in [0.25, 0.3) is 0 Å². The number of hydrogen-bond acceptors (Lipinski definition) is 7. The van der Waals surface area contributed by atoms with Crippen molar-refractivity contribution >= 4 is 6.21 Å². The zero-order valence-corrected chi connectivity index (χ0v) is 10.6. The van der Waals surface area contributed by atoms with Crippen LogP contribution in [0.15, 0.2) is 5.10 Å². The van der Waals surface area contributed by atoms with Gasteiger partial charge in [-0.05, 0) is 6.42 Å². The zero-order valence-electron chi connectivity index (χ0n) is 10.6. The van der Waals surface area contributed by atoms with E-state index in [1.807, 2.05) is 0 Å². The Morgan fingerprint density at radius 1 is 1.11 bits per heavy atom. The Balaban J connectivity index is 3.92. The van der Waals surface area contributed by atoms with E-state index in [1.54, 1.807) is 0 Å². The number of nitrogens with one attached hydrogen (secondary N) is 1. The average molecular weight is 264 g/mol. The minimum Gasteiger partial charge on any atom is -0.394 e. The lowest BCUT2D eigenvalue weighted by Crippen LogP contribution is -2.46. The summed E-state index contributed by atoms with van der Waals surface area (Å²) in [5, 5.41) is 49.6. The van der Waals surface area contributed by atoms with Crippen LogP contribution < -0.4 is 5.43 Å². The number of hydrazone groups is 1. The quantitative estimate of drug-likeness (QED) is 0.157. The number of nitrogens with zero attached hydrogens (tertiary/aromatic N) is 1. The summed E-state index contributed by atoms with van der Waals surface area (Å²) in [5.41, 5.74) is 2.69. The highest BCUT2D eigenvalue weighted by Crippen LogP contribution is 2.03. The largest absolute Gasteiger partial charge is 0.394 e. The summed E-state index contributed by atoms with van der Waals surface area (Å²) in [6, 6.07) is 0. The summed E-state index contributed by atoms with van der Waals surface area (Å²) in [5.74, 6) is 0. The molecule has 0 aromatic rings. The molecule has 0 bridgehead atoms. The first-order valence-corrected chi connectivity index (χ1v) is 6.13. The highest BCUT2D eigenvalue weighted by Gasteiger charge is 2.28. The predicted molar refractivity (Wildman–Crippen MR) is 67.1 cm³/mol. The molecule has 18 heavy (non-hydrogen) atoms. The number of hydrogen-bond donors (Lipinski definition) is 6. The van der Waals surface area contributed by atoms with Crippen LogP contribution in [0.5, 0.6) is 0 Å². The Morgan fingerprint density at radius 3 is 2.33 bits per heavy atom. The molecule has 0 unspecified atom stereocenters. The Hall–Kier alpha value is -0.730. The fourth-order valence-electron chi connectivity index (χ4n) is 1.27. The van der Waals surface area contributed by atoms with Gasteiger partial charge in [0, 0.05) is 6.54 Å². The maximum atomic E-state index is 9.44. The molecule has 0 aliphatic rings. The van der Waals surface area contributed by atoms with Crippen LogP contribution in [0.1, 0.15) is 26.2 Å². The molecule has 0 saturated carbocycles. The van der Waals surface area contributed by atoms with E-state index in [9.17, 15) is 15.3 Å². The van der Waals surface area contributed by atoms with E-state index < -0.39 is 31.0 Å². The summed E-state index contributed by atoms with van der Waals surface area (Å²) in [6.07, 6.45) is -1.97. The molecule has 0 radical (unpaired) electrons. The molecular weight excluding hydrogens is 240 g/mol. The Bertz CT molecular complexity index is 227. The third-order valence-electron chi connectivity index (χ3n) is 2.49. The van der Waals surface area contributed by atoms with Gasteiger partial charge in [-0.25, -0.2) is 0 Å². The summed E-state index contributed by atoms with van der Waals surface area (Å²) >= 11 is 0. The van der Waals surface area contributed by atoms with E-state index in [2.05, 4.69) is 17.5 Å². The molecule has 0 aliphatic carbocycles. The van der Waals surface area contributed by atoms with Crippen LogP contribution in [0, 0.1) is 0 Å². The van der Waals surface area contributed by atoms with Gasteiger partial charge in [0.05, 0.1) is 12.8 Å². The summed E-state index contributed by atoms with van der Waals surface area (Å²) in [6.45, 7) is 2.05. The highest BCUT2D eigenvalue weighted by atomic mass is 16.4. The lowest BCUT2D eigenvalue weighted by molar-refractivity contribution is -0.1000. The van der Waals surface area contributed by atoms with E-state index >= 15 is 0 Å². The minimum atomic E-state index is -1.63. The maximum absolute atomic E-state index is 9.44. The van der Waals surface area contributed by atoms with Crippen molar-refractivity contribution in [2.45, 2.75) is 50.6 Å². The molecule has 7 nitrogen and oxygen atoms in total. The van der Waals surface area contributed by atoms with Crippen LogP contribution in [0.25, 0.3) is 0 Å². The summed E-state index contributed by atoms with van der Waals surface area (Å²) in [7, 11) is 0. The molecule has 7 heteroatoms. The molecule has 0 aromatic carbocycles. The van der Waals surface area contributed by atoms with Gasteiger partial charge in [0.2, 0.25) is 0 Å². The van der Waals surface area contributed by atoms with E-state index in [4.69, 9.17) is 10.2 Å². The predicted octanol–water partition coefficient (Wildman–Crippen LogP) is -1.81. The third kappa shape index (κ3) is 6.87. The highest BCUT2D eigenvalue weighted by molar-refractivity contribution is 5.63. The Morgan fingerprint density at radius 2 is 1.78 bits per heavy atom. The first kappa shape index (κ1) is 17.3. The molecule has 0 saturated heterocycles. The van der Waals surface area contributed by atoms with Crippen molar-refractivity contribution in [1.29, 1.82) is 0 Å². The first-order valence-electron chi connectivity index (χ1n) is 6.13. The van der Waals surface area contributed by atoms with Crippen LogP contribution in [0.4, 0.5) is 0 Å². The molecule has 0 spiro atoms. The SMILES string of the molecule is CCCCCN/N=C/[C@@H](O)[C@@H](O)[C@H](O)[C@H](O)CO. The molecule has 0 rings (SSSR count). The third-order valence-corrected chi connectivity index (χ3v) is 2.49. The van der Waals surface area contributed by atoms with Crippen molar-refractivity contribution in [3.8, 4) is 0 Å². The fraction of sp³-hybridized carbons (Fsp3) is 0.909. The number of aliphatic hydroxyl groups is 5. The minimum absolute atomic E-state index is 0.662. The molecule has 108 valence electrons. The van der Waals surface area contributed by atoms with Gasteiger partial charge >= 0.3 is 0 Å². The van der Waals surface area contributed by atoms with Gasteiger partial charge in [0.1, 0.15) is 24.4 Å². The van der Waals surface area contributed by atoms with E-state index in [0.717, 1.165) is 25.5 Å².